The largest absolute Gasteiger partial charge is 0.398 e. The molecule has 0 radical (unpaired) electrons. The van der Waals surface area contributed by atoms with Gasteiger partial charge in [0.2, 0.25) is 0 Å². The number of benzene rings is 2. The lowest BCUT2D eigenvalue weighted by atomic mass is 9.97. The number of nitrogen functional groups attached to an aromatic ring is 1. The topological polar surface area (TPSA) is 92.5 Å². The van der Waals surface area contributed by atoms with Gasteiger partial charge in [-0.2, -0.15) is 10.4 Å². The Morgan fingerprint density at radius 3 is 2.75 bits per heavy atom. The second-order valence-corrected chi connectivity index (χ2v) is 6.78. The van der Waals surface area contributed by atoms with E-state index in [4.69, 9.17) is 11.0 Å². The van der Waals surface area contributed by atoms with E-state index in [1.807, 2.05) is 30.3 Å². The van der Waals surface area contributed by atoms with Gasteiger partial charge in [0.15, 0.2) is 5.82 Å². The number of fused-ring (bicyclic) bond motifs is 1. The summed E-state index contributed by atoms with van der Waals surface area (Å²) in [5, 5.41) is 18.5. The van der Waals surface area contributed by atoms with Gasteiger partial charge in [0.1, 0.15) is 11.9 Å². The molecule has 0 unspecified atom stereocenters. The third-order valence-corrected chi connectivity index (χ3v) is 4.77. The van der Waals surface area contributed by atoms with Gasteiger partial charge < -0.3 is 11.1 Å². The first-order valence-corrected chi connectivity index (χ1v) is 9.02. The van der Waals surface area contributed by atoms with Crippen molar-refractivity contribution in [2.45, 2.75) is 19.9 Å². The van der Waals surface area contributed by atoms with Crippen LogP contribution in [0.2, 0.25) is 0 Å². The molecule has 138 valence electrons. The van der Waals surface area contributed by atoms with Crippen molar-refractivity contribution < 1.29 is 0 Å². The standard InChI is InChI=1S/C22H20N6/c1-14-5-3-4-6-18(14)16-9-17-11-22(25-13-19(17)20(24)10-16)26-21-7-8-28(27-21)15(2)12-23/h3-11,13,15H,24H2,1-2H3,(H,25,26,27)/t15-/m1/s1. The molecule has 2 aromatic heterocycles. The fraction of sp³-hybridized carbons (Fsp3) is 0.136. The predicted octanol–water partition coefficient (Wildman–Crippen LogP) is 4.82. The molecule has 6 nitrogen and oxygen atoms in total. The molecule has 0 amide bonds. The number of rotatable bonds is 4. The highest BCUT2D eigenvalue weighted by Gasteiger charge is 2.09. The maximum absolute atomic E-state index is 9.02. The van der Waals surface area contributed by atoms with Crippen molar-refractivity contribution in [1.82, 2.24) is 14.8 Å². The van der Waals surface area contributed by atoms with Crippen LogP contribution in [0.4, 0.5) is 17.3 Å². The third kappa shape index (κ3) is 3.26. The molecule has 0 saturated heterocycles. The van der Waals surface area contributed by atoms with Crippen molar-refractivity contribution in [3.05, 3.63) is 66.5 Å². The molecule has 0 aliphatic carbocycles. The average Bonchev–Trinajstić information content (AvgIpc) is 3.16. The lowest BCUT2D eigenvalue weighted by molar-refractivity contribution is 0.593. The minimum Gasteiger partial charge on any atom is -0.398 e. The first kappa shape index (κ1) is 17.6. The van der Waals surface area contributed by atoms with Gasteiger partial charge in [-0.25, -0.2) is 4.98 Å². The number of hydrogen-bond donors (Lipinski definition) is 2. The van der Waals surface area contributed by atoms with Crippen LogP contribution >= 0.6 is 0 Å². The Morgan fingerprint density at radius 1 is 1.14 bits per heavy atom. The summed E-state index contributed by atoms with van der Waals surface area (Å²) in [5.74, 6) is 1.31. The van der Waals surface area contributed by atoms with Gasteiger partial charge in [-0.15, -0.1) is 0 Å². The van der Waals surface area contributed by atoms with Crippen molar-refractivity contribution >= 4 is 28.1 Å². The summed E-state index contributed by atoms with van der Waals surface area (Å²) in [6.45, 7) is 3.88. The highest BCUT2D eigenvalue weighted by Crippen LogP contribution is 2.32. The number of nitrogens with one attached hydrogen (secondary N) is 1. The molecular weight excluding hydrogens is 348 g/mol. The average molecular weight is 368 g/mol. The number of aryl methyl sites for hydroxylation is 1. The second-order valence-electron chi connectivity index (χ2n) is 6.78. The van der Waals surface area contributed by atoms with Crippen LogP contribution in [-0.4, -0.2) is 14.8 Å². The number of nitrogens with two attached hydrogens (primary N) is 1. The van der Waals surface area contributed by atoms with Gasteiger partial charge >= 0.3 is 0 Å². The molecule has 0 bridgehead atoms. The molecule has 2 heterocycles. The number of pyridine rings is 1. The lowest BCUT2D eigenvalue weighted by Crippen LogP contribution is -2.04. The van der Waals surface area contributed by atoms with Crippen molar-refractivity contribution in [2.75, 3.05) is 11.1 Å². The quantitative estimate of drug-likeness (QED) is 0.504. The van der Waals surface area contributed by atoms with Crippen molar-refractivity contribution in [3.8, 4) is 17.2 Å². The SMILES string of the molecule is Cc1ccccc1-c1cc(N)c2cnc(Nc3ccn([C@H](C)C#N)n3)cc2c1. The van der Waals surface area contributed by atoms with Crippen LogP contribution in [0, 0.1) is 18.3 Å². The number of nitriles is 1. The Hall–Kier alpha value is -3.85. The molecule has 0 aliphatic rings. The number of aromatic nitrogens is 3. The number of anilines is 3. The Labute approximate surface area is 163 Å². The minimum atomic E-state index is -0.323. The zero-order valence-corrected chi connectivity index (χ0v) is 15.7. The maximum Gasteiger partial charge on any atom is 0.153 e. The van der Waals surface area contributed by atoms with E-state index in [0.29, 0.717) is 17.3 Å². The summed E-state index contributed by atoms with van der Waals surface area (Å²) in [6.07, 6.45) is 3.54. The van der Waals surface area contributed by atoms with E-state index in [1.54, 1.807) is 24.0 Å². The summed E-state index contributed by atoms with van der Waals surface area (Å²) >= 11 is 0. The van der Waals surface area contributed by atoms with Crippen LogP contribution in [0.25, 0.3) is 21.9 Å². The monoisotopic (exact) mass is 368 g/mol. The van der Waals surface area contributed by atoms with E-state index in [-0.39, 0.29) is 6.04 Å². The summed E-state index contributed by atoms with van der Waals surface area (Å²) in [6, 6.07) is 18.0. The van der Waals surface area contributed by atoms with E-state index in [2.05, 4.69) is 46.6 Å². The Kier molecular flexibility index (Phi) is 4.42. The highest BCUT2D eigenvalue weighted by atomic mass is 15.3. The highest BCUT2D eigenvalue weighted by molar-refractivity contribution is 5.97. The van der Waals surface area contributed by atoms with Crippen LogP contribution < -0.4 is 11.1 Å². The second kappa shape index (κ2) is 7.05. The molecule has 28 heavy (non-hydrogen) atoms. The van der Waals surface area contributed by atoms with Gasteiger partial charge in [0, 0.05) is 29.5 Å². The maximum atomic E-state index is 9.02. The van der Waals surface area contributed by atoms with Gasteiger partial charge in [-0.1, -0.05) is 24.3 Å². The summed E-state index contributed by atoms with van der Waals surface area (Å²) in [7, 11) is 0. The molecule has 4 rings (SSSR count). The van der Waals surface area contributed by atoms with Crippen molar-refractivity contribution in [1.29, 1.82) is 5.26 Å². The first-order chi connectivity index (χ1) is 13.5. The summed E-state index contributed by atoms with van der Waals surface area (Å²) < 4.78 is 1.61. The van der Waals surface area contributed by atoms with Crippen LogP contribution in [0.3, 0.4) is 0 Å². The van der Waals surface area contributed by atoms with E-state index in [1.165, 1.54) is 5.56 Å². The molecular formula is C22H20N6. The Morgan fingerprint density at radius 2 is 1.96 bits per heavy atom. The fourth-order valence-electron chi connectivity index (χ4n) is 3.22. The summed E-state index contributed by atoms with van der Waals surface area (Å²) in [5.41, 5.74) is 10.4. The molecule has 0 aliphatic heterocycles. The van der Waals surface area contributed by atoms with Crippen LogP contribution in [0.1, 0.15) is 18.5 Å². The Balaban J connectivity index is 1.71. The normalized spacial score (nSPS) is 11.9. The molecule has 0 spiro atoms. The third-order valence-electron chi connectivity index (χ3n) is 4.77. The predicted molar refractivity (Wildman–Crippen MR) is 112 cm³/mol. The van der Waals surface area contributed by atoms with Crippen LogP contribution in [-0.2, 0) is 0 Å². The van der Waals surface area contributed by atoms with E-state index in [9.17, 15) is 0 Å². The smallest absolute Gasteiger partial charge is 0.153 e. The van der Waals surface area contributed by atoms with Gasteiger partial charge in [-0.3, -0.25) is 4.68 Å². The molecule has 1 atom stereocenters. The molecule has 0 saturated carbocycles. The molecule has 2 aromatic carbocycles. The number of hydrogen-bond acceptors (Lipinski definition) is 5. The first-order valence-electron chi connectivity index (χ1n) is 9.02. The van der Waals surface area contributed by atoms with E-state index in [0.717, 1.165) is 21.9 Å². The molecule has 6 heteroatoms. The fourth-order valence-corrected chi connectivity index (χ4v) is 3.22. The van der Waals surface area contributed by atoms with E-state index < -0.39 is 0 Å². The zero-order chi connectivity index (χ0) is 19.7. The van der Waals surface area contributed by atoms with Gasteiger partial charge in [0.25, 0.3) is 0 Å². The Bertz CT molecular complexity index is 1200. The van der Waals surface area contributed by atoms with E-state index >= 15 is 0 Å². The van der Waals surface area contributed by atoms with Gasteiger partial charge in [0.05, 0.1) is 6.07 Å². The molecule has 0 fully saturated rings. The van der Waals surface area contributed by atoms with Gasteiger partial charge in [-0.05, 0) is 54.1 Å². The number of nitrogens with zero attached hydrogens (tertiary/aromatic N) is 4. The molecule has 4 aromatic rings. The zero-order valence-electron chi connectivity index (χ0n) is 15.7. The molecule has 3 N–H and O–H groups in total. The van der Waals surface area contributed by atoms with Crippen LogP contribution in [0.5, 0.6) is 0 Å². The van der Waals surface area contributed by atoms with Crippen molar-refractivity contribution in [3.63, 3.8) is 0 Å². The minimum absolute atomic E-state index is 0.323. The van der Waals surface area contributed by atoms with Crippen molar-refractivity contribution in [2.24, 2.45) is 0 Å². The summed E-state index contributed by atoms with van der Waals surface area (Å²) in [4.78, 5) is 4.45. The lowest BCUT2D eigenvalue weighted by Gasteiger charge is -2.11. The van der Waals surface area contributed by atoms with Crippen LogP contribution in [0.15, 0.2) is 60.9 Å².